The summed E-state index contributed by atoms with van der Waals surface area (Å²) in [5, 5.41) is 2.81. The minimum Gasteiger partial charge on any atom is -0.482 e. The van der Waals surface area contributed by atoms with Crippen LogP contribution in [-0.4, -0.2) is 56.8 Å². The largest absolute Gasteiger partial charge is 0.482 e. The number of carbonyl (C=O) groups excluding carboxylic acids is 2. The number of nitrogens with one attached hydrogen (secondary N) is 1. The molecular weight excluding hydrogens is 370 g/mol. The van der Waals surface area contributed by atoms with Crippen molar-refractivity contribution in [2.24, 2.45) is 0 Å². The molecule has 8 nitrogen and oxygen atoms in total. The van der Waals surface area contributed by atoms with E-state index in [1.807, 2.05) is 13.8 Å². The zero-order valence-corrected chi connectivity index (χ0v) is 17.0. The zero-order valence-electron chi connectivity index (χ0n) is 16.2. The van der Waals surface area contributed by atoms with Crippen molar-refractivity contribution in [3.8, 4) is 5.75 Å². The molecule has 150 valence electrons. The summed E-state index contributed by atoms with van der Waals surface area (Å²) in [6, 6.07) is 4.37. The first-order valence-corrected chi connectivity index (χ1v) is 10.5. The maximum atomic E-state index is 12.8. The SMILES string of the molecule is CC[C@H](C)NC(=O)CN1C(=O)COc2ccc(S(=O)(=O)N(CC)CC)cc21. The maximum Gasteiger partial charge on any atom is 0.265 e. The van der Waals surface area contributed by atoms with Gasteiger partial charge in [-0.1, -0.05) is 20.8 Å². The van der Waals surface area contributed by atoms with E-state index in [4.69, 9.17) is 4.74 Å². The zero-order chi connectivity index (χ0) is 20.2. The van der Waals surface area contributed by atoms with Gasteiger partial charge in [-0.3, -0.25) is 14.5 Å². The van der Waals surface area contributed by atoms with Gasteiger partial charge in [0.1, 0.15) is 12.3 Å². The van der Waals surface area contributed by atoms with Crippen LogP contribution in [-0.2, 0) is 19.6 Å². The topological polar surface area (TPSA) is 96.0 Å². The second-order valence-electron chi connectivity index (χ2n) is 6.36. The molecule has 0 fully saturated rings. The van der Waals surface area contributed by atoms with E-state index >= 15 is 0 Å². The Morgan fingerprint density at radius 3 is 2.56 bits per heavy atom. The van der Waals surface area contributed by atoms with Gasteiger partial charge in [0.2, 0.25) is 15.9 Å². The Morgan fingerprint density at radius 2 is 1.96 bits per heavy atom. The summed E-state index contributed by atoms with van der Waals surface area (Å²) >= 11 is 0. The monoisotopic (exact) mass is 397 g/mol. The van der Waals surface area contributed by atoms with Gasteiger partial charge in [0.05, 0.1) is 10.6 Å². The van der Waals surface area contributed by atoms with Gasteiger partial charge in [0.25, 0.3) is 5.91 Å². The van der Waals surface area contributed by atoms with Crippen molar-refractivity contribution >= 4 is 27.5 Å². The highest BCUT2D eigenvalue weighted by atomic mass is 32.2. The Morgan fingerprint density at radius 1 is 1.30 bits per heavy atom. The van der Waals surface area contributed by atoms with Crippen LogP contribution in [0.5, 0.6) is 5.75 Å². The number of hydrogen-bond acceptors (Lipinski definition) is 5. The van der Waals surface area contributed by atoms with E-state index in [1.165, 1.54) is 27.4 Å². The van der Waals surface area contributed by atoms with Crippen LogP contribution in [0.25, 0.3) is 0 Å². The van der Waals surface area contributed by atoms with E-state index in [0.717, 1.165) is 6.42 Å². The number of carbonyl (C=O) groups is 2. The van der Waals surface area contributed by atoms with E-state index in [9.17, 15) is 18.0 Å². The minimum absolute atomic E-state index is 0.0116. The van der Waals surface area contributed by atoms with Gasteiger partial charge in [-0.25, -0.2) is 8.42 Å². The smallest absolute Gasteiger partial charge is 0.265 e. The average Bonchev–Trinajstić information content (AvgIpc) is 2.64. The Bertz CT molecular complexity index is 805. The first kappa shape index (κ1) is 21.2. The summed E-state index contributed by atoms with van der Waals surface area (Å²) in [5.74, 6) is -0.314. The predicted octanol–water partition coefficient (Wildman–Crippen LogP) is 1.36. The van der Waals surface area contributed by atoms with Crippen LogP contribution in [0.4, 0.5) is 5.69 Å². The molecule has 0 saturated heterocycles. The van der Waals surface area contributed by atoms with Crippen LogP contribution in [0.3, 0.4) is 0 Å². The van der Waals surface area contributed by atoms with Crippen LogP contribution in [0.2, 0.25) is 0 Å². The van der Waals surface area contributed by atoms with Gasteiger partial charge >= 0.3 is 0 Å². The predicted molar refractivity (Wildman–Crippen MR) is 102 cm³/mol. The Hall–Kier alpha value is -2.13. The van der Waals surface area contributed by atoms with E-state index < -0.39 is 10.0 Å². The lowest BCUT2D eigenvalue weighted by Crippen LogP contribution is -2.46. The molecule has 1 N–H and O–H groups in total. The standard InChI is InChI=1S/C18H27N3O5S/c1-5-13(4)19-17(22)11-21-15-10-14(27(24,25)20(6-2)7-3)8-9-16(15)26-12-18(21)23/h8-10,13H,5-7,11-12H2,1-4H3,(H,19,22)/t13-/m0/s1. The Labute approximate surface area is 160 Å². The number of nitrogens with zero attached hydrogens (tertiary/aromatic N) is 2. The Balaban J connectivity index is 2.37. The molecule has 0 aliphatic carbocycles. The van der Waals surface area contributed by atoms with Crippen molar-refractivity contribution in [1.29, 1.82) is 0 Å². The number of fused-ring (bicyclic) bond motifs is 1. The lowest BCUT2D eigenvalue weighted by Gasteiger charge is -2.30. The first-order chi connectivity index (χ1) is 12.7. The minimum atomic E-state index is -3.69. The van der Waals surface area contributed by atoms with Crippen molar-refractivity contribution in [3.63, 3.8) is 0 Å². The molecule has 0 spiro atoms. The molecule has 1 aromatic rings. The quantitative estimate of drug-likeness (QED) is 0.714. The molecule has 27 heavy (non-hydrogen) atoms. The van der Waals surface area contributed by atoms with Crippen LogP contribution in [0, 0.1) is 0 Å². The first-order valence-electron chi connectivity index (χ1n) is 9.11. The molecule has 2 amide bonds. The summed E-state index contributed by atoms with van der Waals surface area (Å²) in [7, 11) is -3.69. The second kappa shape index (κ2) is 8.71. The molecule has 1 heterocycles. The molecule has 0 unspecified atom stereocenters. The summed E-state index contributed by atoms with van der Waals surface area (Å²) in [5.41, 5.74) is 0.291. The van der Waals surface area contributed by atoms with Crippen molar-refractivity contribution in [2.75, 3.05) is 31.1 Å². The number of amides is 2. The van der Waals surface area contributed by atoms with Crippen molar-refractivity contribution in [2.45, 2.75) is 45.1 Å². The van der Waals surface area contributed by atoms with Gasteiger partial charge < -0.3 is 10.1 Å². The number of benzene rings is 1. The summed E-state index contributed by atoms with van der Waals surface area (Å²) in [6.45, 7) is 7.65. The van der Waals surface area contributed by atoms with E-state index in [2.05, 4.69) is 5.32 Å². The fourth-order valence-corrected chi connectivity index (χ4v) is 4.27. The van der Waals surface area contributed by atoms with Gasteiger partial charge in [-0.2, -0.15) is 4.31 Å². The number of hydrogen-bond donors (Lipinski definition) is 1. The fraction of sp³-hybridized carbons (Fsp3) is 0.556. The molecule has 1 aliphatic rings. The maximum absolute atomic E-state index is 12.8. The average molecular weight is 397 g/mol. The molecule has 0 bridgehead atoms. The van der Waals surface area contributed by atoms with Crippen molar-refractivity contribution in [1.82, 2.24) is 9.62 Å². The molecule has 1 atom stereocenters. The summed E-state index contributed by atoms with van der Waals surface area (Å²) in [4.78, 5) is 25.9. The summed E-state index contributed by atoms with van der Waals surface area (Å²) < 4.78 is 32.3. The highest BCUT2D eigenvalue weighted by Crippen LogP contribution is 2.34. The number of ether oxygens (including phenoxy) is 1. The highest BCUT2D eigenvalue weighted by molar-refractivity contribution is 7.89. The Kier molecular flexibility index (Phi) is 6.83. The van der Waals surface area contributed by atoms with Gasteiger partial charge in [0.15, 0.2) is 6.61 Å². The van der Waals surface area contributed by atoms with E-state index in [0.29, 0.717) is 24.5 Å². The van der Waals surface area contributed by atoms with Gasteiger partial charge in [-0.15, -0.1) is 0 Å². The van der Waals surface area contributed by atoms with Crippen molar-refractivity contribution < 1.29 is 22.7 Å². The molecule has 2 rings (SSSR count). The third-order valence-corrected chi connectivity index (χ3v) is 6.58. The molecule has 1 aliphatic heterocycles. The number of rotatable bonds is 8. The van der Waals surface area contributed by atoms with Gasteiger partial charge in [0, 0.05) is 19.1 Å². The molecular formula is C18H27N3O5S. The molecule has 1 aromatic carbocycles. The van der Waals surface area contributed by atoms with Crippen LogP contribution < -0.4 is 15.0 Å². The van der Waals surface area contributed by atoms with Crippen molar-refractivity contribution in [3.05, 3.63) is 18.2 Å². The third kappa shape index (κ3) is 4.59. The normalized spacial score (nSPS) is 15.3. The van der Waals surface area contributed by atoms with Crippen LogP contribution in [0.1, 0.15) is 34.1 Å². The van der Waals surface area contributed by atoms with E-state index in [1.54, 1.807) is 13.8 Å². The lowest BCUT2D eigenvalue weighted by molar-refractivity contribution is -0.125. The molecule has 9 heteroatoms. The van der Waals surface area contributed by atoms with Crippen LogP contribution in [0.15, 0.2) is 23.1 Å². The van der Waals surface area contributed by atoms with E-state index in [-0.39, 0.29) is 35.9 Å². The summed E-state index contributed by atoms with van der Waals surface area (Å²) in [6.07, 6.45) is 0.769. The lowest BCUT2D eigenvalue weighted by atomic mass is 10.2. The second-order valence-corrected chi connectivity index (χ2v) is 8.30. The van der Waals surface area contributed by atoms with Gasteiger partial charge in [-0.05, 0) is 31.5 Å². The highest BCUT2D eigenvalue weighted by Gasteiger charge is 2.30. The fourth-order valence-electron chi connectivity index (χ4n) is 2.79. The molecule has 0 radical (unpaired) electrons. The van der Waals surface area contributed by atoms with Crippen LogP contribution >= 0.6 is 0 Å². The number of anilines is 1. The molecule has 0 aromatic heterocycles. The third-order valence-electron chi connectivity index (χ3n) is 4.54. The molecule has 0 saturated carbocycles. The number of sulfonamides is 1.